The van der Waals surface area contributed by atoms with Crippen molar-refractivity contribution in [2.75, 3.05) is 23.9 Å². The van der Waals surface area contributed by atoms with Crippen LogP contribution in [0.15, 0.2) is 36.4 Å². The molecule has 0 unspecified atom stereocenters. The van der Waals surface area contributed by atoms with Gasteiger partial charge in [0.1, 0.15) is 11.3 Å². The van der Waals surface area contributed by atoms with Gasteiger partial charge in [0.15, 0.2) is 0 Å². The van der Waals surface area contributed by atoms with E-state index in [4.69, 9.17) is 16.3 Å². The Hall–Kier alpha value is -2.90. The van der Waals surface area contributed by atoms with Crippen LogP contribution in [-0.4, -0.2) is 42.3 Å². The van der Waals surface area contributed by atoms with Crippen LogP contribution in [0.2, 0.25) is 5.02 Å². The molecule has 3 amide bonds. The second-order valence-corrected chi connectivity index (χ2v) is 9.39. The van der Waals surface area contributed by atoms with Gasteiger partial charge in [0.05, 0.1) is 24.6 Å². The maximum atomic E-state index is 14.0. The van der Waals surface area contributed by atoms with E-state index in [1.54, 1.807) is 18.2 Å². The number of carbonyl (C=O) groups excluding carboxylic acids is 3. The normalized spacial score (nSPS) is 30.7. The van der Waals surface area contributed by atoms with E-state index in [0.29, 0.717) is 23.0 Å². The van der Waals surface area contributed by atoms with Crippen molar-refractivity contribution in [1.82, 2.24) is 4.90 Å². The number of fused-ring (bicyclic) bond motifs is 7. The zero-order valence-corrected chi connectivity index (χ0v) is 18.5. The lowest BCUT2D eigenvalue weighted by atomic mass is 9.75. The van der Waals surface area contributed by atoms with E-state index in [9.17, 15) is 14.4 Å². The van der Waals surface area contributed by atoms with Crippen LogP contribution in [0, 0.1) is 18.8 Å². The molecule has 0 radical (unpaired) electrons. The number of amides is 3. The van der Waals surface area contributed by atoms with Crippen molar-refractivity contribution in [3.8, 4) is 5.75 Å². The maximum Gasteiger partial charge on any atom is 0.250 e. The SMILES string of the molecule is COc1ccc(Cl)cc1N1C(=O)[C@H]2[C@@H](C1=O)[C@]1(C(=O)Nc3c(C)cccc31)N1CCC[C@@H]21. The first kappa shape index (κ1) is 19.8. The highest BCUT2D eigenvalue weighted by Crippen LogP contribution is 2.61. The quantitative estimate of drug-likeness (QED) is 0.710. The number of imide groups is 1. The lowest BCUT2D eigenvalue weighted by Gasteiger charge is -2.36. The first-order chi connectivity index (χ1) is 15.4. The van der Waals surface area contributed by atoms with E-state index in [2.05, 4.69) is 10.2 Å². The van der Waals surface area contributed by atoms with Gasteiger partial charge in [0.25, 0.3) is 0 Å². The third kappa shape index (κ3) is 2.18. The van der Waals surface area contributed by atoms with E-state index in [0.717, 1.165) is 29.7 Å². The largest absolute Gasteiger partial charge is 0.495 e. The topological polar surface area (TPSA) is 78.9 Å². The minimum absolute atomic E-state index is 0.163. The molecule has 0 aromatic heterocycles. The van der Waals surface area contributed by atoms with Gasteiger partial charge in [-0.3, -0.25) is 19.3 Å². The molecule has 8 heteroatoms. The van der Waals surface area contributed by atoms with Crippen LogP contribution in [0.1, 0.15) is 24.0 Å². The molecule has 2 aromatic rings. The molecule has 0 aliphatic carbocycles. The Morgan fingerprint density at radius 1 is 1.16 bits per heavy atom. The Morgan fingerprint density at radius 3 is 2.75 bits per heavy atom. The number of anilines is 2. The van der Waals surface area contributed by atoms with Gasteiger partial charge >= 0.3 is 0 Å². The number of carbonyl (C=O) groups is 3. The van der Waals surface area contributed by atoms with Crippen molar-refractivity contribution in [3.63, 3.8) is 0 Å². The summed E-state index contributed by atoms with van der Waals surface area (Å²) in [5.41, 5.74) is 1.63. The third-order valence-electron chi connectivity index (χ3n) is 7.62. The van der Waals surface area contributed by atoms with Crippen LogP contribution >= 0.6 is 11.6 Å². The van der Waals surface area contributed by atoms with Gasteiger partial charge < -0.3 is 10.1 Å². The number of hydrogen-bond acceptors (Lipinski definition) is 5. The molecule has 3 saturated heterocycles. The predicted octanol–water partition coefficient (Wildman–Crippen LogP) is 3.09. The molecule has 7 nitrogen and oxygen atoms in total. The summed E-state index contributed by atoms with van der Waals surface area (Å²) >= 11 is 6.21. The number of benzene rings is 2. The highest BCUT2D eigenvalue weighted by atomic mass is 35.5. The zero-order chi connectivity index (χ0) is 22.4. The Kier molecular flexibility index (Phi) is 4.05. The molecule has 3 fully saturated rings. The molecule has 2 aromatic carbocycles. The number of ether oxygens (including phenoxy) is 1. The van der Waals surface area contributed by atoms with E-state index >= 15 is 0 Å². The van der Waals surface area contributed by atoms with Gasteiger partial charge in [-0.2, -0.15) is 0 Å². The Morgan fingerprint density at radius 2 is 1.97 bits per heavy atom. The molecule has 0 saturated carbocycles. The summed E-state index contributed by atoms with van der Waals surface area (Å²) in [5.74, 6) is -1.89. The predicted molar refractivity (Wildman–Crippen MR) is 119 cm³/mol. The summed E-state index contributed by atoms with van der Waals surface area (Å²) in [6, 6.07) is 10.5. The standard InChI is InChI=1S/C24H22ClN3O4/c1-12-5-3-6-14-20(12)26-23(31)24(14)19-18(15-7-4-10-27(15)24)21(29)28(22(19)30)16-11-13(25)8-9-17(16)32-2/h3,5-6,8-9,11,15,18-19H,4,7,10H2,1-2H3,(H,26,31)/t15-,18+,19-,24+/m0/s1. The Balaban J connectivity index is 1.57. The van der Waals surface area contributed by atoms with Crippen LogP contribution in [-0.2, 0) is 19.9 Å². The lowest BCUT2D eigenvalue weighted by Crippen LogP contribution is -2.54. The molecule has 4 aliphatic heterocycles. The van der Waals surface area contributed by atoms with Gasteiger partial charge in [0, 0.05) is 22.3 Å². The second-order valence-electron chi connectivity index (χ2n) is 8.95. The number of rotatable bonds is 2. The number of methoxy groups -OCH3 is 1. The number of nitrogens with zero attached hydrogens (tertiary/aromatic N) is 2. The van der Waals surface area contributed by atoms with E-state index in [1.807, 2.05) is 25.1 Å². The summed E-state index contributed by atoms with van der Waals surface area (Å²) in [6.45, 7) is 2.62. The molecule has 4 heterocycles. The zero-order valence-electron chi connectivity index (χ0n) is 17.7. The number of para-hydroxylation sites is 1. The van der Waals surface area contributed by atoms with Crippen LogP contribution < -0.4 is 15.0 Å². The minimum atomic E-state index is -1.18. The highest BCUT2D eigenvalue weighted by molar-refractivity contribution is 6.32. The number of hydrogen-bond donors (Lipinski definition) is 1. The Labute approximate surface area is 190 Å². The van der Waals surface area contributed by atoms with E-state index in [-0.39, 0.29) is 23.8 Å². The summed E-state index contributed by atoms with van der Waals surface area (Å²) in [5, 5.41) is 3.44. The molecule has 6 rings (SSSR count). The van der Waals surface area contributed by atoms with Crippen molar-refractivity contribution in [3.05, 3.63) is 52.5 Å². The van der Waals surface area contributed by atoms with E-state index < -0.39 is 17.4 Å². The van der Waals surface area contributed by atoms with Crippen LogP contribution in [0.3, 0.4) is 0 Å². The maximum absolute atomic E-state index is 14.0. The fourth-order valence-corrected chi connectivity index (χ4v) is 6.62. The smallest absolute Gasteiger partial charge is 0.250 e. The molecule has 1 spiro atoms. The van der Waals surface area contributed by atoms with Gasteiger partial charge in [-0.05, 0) is 50.1 Å². The van der Waals surface area contributed by atoms with Crippen molar-refractivity contribution < 1.29 is 19.1 Å². The molecule has 4 aliphatic rings. The summed E-state index contributed by atoms with van der Waals surface area (Å²) < 4.78 is 5.43. The third-order valence-corrected chi connectivity index (χ3v) is 7.85. The fourth-order valence-electron chi connectivity index (χ4n) is 6.45. The van der Waals surface area contributed by atoms with Crippen LogP contribution in [0.25, 0.3) is 0 Å². The molecular weight excluding hydrogens is 430 g/mol. The number of nitrogens with one attached hydrogen (secondary N) is 1. The fraction of sp³-hybridized carbons (Fsp3) is 0.375. The highest BCUT2D eigenvalue weighted by Gasteiger charge is 2.74. The first-order valence-corrected chi connectivity index (χ1v) is 11.2. The lowest BCUT2D eigenvalue weighted by molar-refractivity contribution is -0.135. The van der Waals surface area contributed by atoms with E-state index in [1.165, 1.54) is 12.0 Å². The van der Waals surface area contributed by atoms with Crippen molar-refractivity contribution in [1.29, 1.82) is 0 Å². The van der Waals surface area contributed by atoms with Gasteiger partial charge in [-0.1, -0.05) is 29.8 Å². The summed E-state index contributed by atoms with van der Waals surface area (Å²) in [6.07, 6.45) is 1.66. The molecule has 0 bridgehead atoms. The molecular formula is C24H22ClN3O4. The van der Waals surface area contributed by atoms with Crippen LogP contribution in [0.5, 0.6) is 5.75 Å². The van der Waals surface area contributed by atoms with Gasteiger partial charge in [-0.15, -0.1) is 0 Å². The molecule has 1 N–H and O–H groups in total. The molecule has 4 atom stereocenters. The van der Waals surface area contributed by atoms with Crippen molar-refractivity contribution >= 4 is 40.7 Å². The first-order valence-electron chi connectivity index (χ1n) is 10.8. The summed E-state index contributed by atoms with van der Waals surface area (Å²) in [7, 11) is 1.49. The second kappa shape index (κ2) is 6.56. The number of aryl methyl sites for hydroxylation is 1. The number of halogens is 1. The van der Waals surface area contributed by atoms with Gasteiger partial charge in [0.2, 0.25) is 17.7 Å². The molecule has 32 heavy (non-hydrogen) atoms. The average Bonchev–Trinajstić information content (AvgIpc) is 3.47. The monoisotopic (exact) mass is 451 g/mol. The summed E-state index contributed by atoms with van der Waals surface area (Å²) in [4.78, 5) is 44.8. The minimum Gasteiger partial charge on any atom is -0.495 e. The van der Waals surface area contributed by atoms with Gasteiger partial charge in [-0.25, -0.2) is 4.90 Å². The van der Waals surface area contributed by atoms with Crippen molar-refractivity contribution in [2.45, 2.75) is 31.3 Å². The van der Waals surface area contributed by atoms with Crippen molar-refractivity contribution in [2.24, 2.45) is 11.8 Å². The average molecular weight is 452 g/mol. The Bertz CT molecular complexity index is 1210. The molecule has 164 valence electrons. The van der Waals surface area contributed by atoms with Crippen LogP contribution in [0.4, 0.5) is 11.4 Å².